The molecule has 0 N–H and O–H groups in total. The zero-order valence-electron chi connectivity index (χ0n) is 8.52. The van der Waals surface area contributed by atoms with Crippen molar-refractivity contribution in [1.82, 2.24) is 14.8 Å². The summed E-state index contributed by atoms with van der Waals surface area (Å²) in [6.07, 6.45) is 1.52. The topological polar surface area (TPSA) is 39.9 Å². The predicted octanol–water partition coefficient (Wildman–Crippen LogP) is 2.15. The number of halogens is 2. The molecule has 0 amide bonds. The zero-order valence-corrected chi connectivity index (χ0v) is 9.28. The fourth-order valence-corrected chi connectivity index (χ4v) is 1.55. The van der Waals surface area contributed by atoms with Crippen LogP contribution in [0.5, 0.6) is 5.75 Å². The smallest absolute Gasteiger partial charge is 0.165 e. The highest BCUT2D eigenvalue weighted by atomic mass is 35.5. The summed E-state index contributed by atoms with van der Waals surface area (Å²) in [6, 6.07) is 4.50. The van der Waals surface area contributed by atoms with E-state index in [1.54, 1.807) is 16.7 Å². The summed E-state index contributed by atoms with van der Waals surface area (Å²) in [6.45, 7) is 0. The monoisotopic (exact) mass is 241 g/mol. The SMILES string of the molecule is COc1cc(-n2cnnc2CCl)ccc1F. The molecule has 0 saturated carbocycles. The molecule has 2 aromatic rings. The molecule has 0 atom stereocenters. The van der Waals surface area contributed by atoms with E-state index in [0.29, 0.717) is 11.5 Å². The van der Waals surface area contributed by atoms with Gasteiger partial charge in [-0.15, -0.1) is 21.8 Å². The van der Waals surface area contributed by atoms with E-state index in [9.17, 15) is 4.39 Å². The van der Waals surface area contributed by atoms with Crippen LogP contribution in [0.4, 0.5) is 4.39 Å². The summed E-state index contributed by atoms with van der Waals surface area (Å²) >= 11 is 5.70. The number of benzene rings is 1. The fourth-order valence-electron chi connectivity index (χ4n) is 1.36. The van der Waals surface area contributed by atoms with Crippen molar-refractivity contribution in [1.29, 1.82) is 0 Å². The van der Waals surface area contributed by atoms with Crippen LogP contribution in [0.25, 0.3) is 5.69 Å². The number of nitrogens with zero attached hydrogens (tertiary/aromatic N) is 3. The molecule has 1 heterocycles. The van der Waals surface area contributed by atoms with Gasteiger partial charge in [-0.2, -0.15) is 0 Å². The molecule has 0 spiro atoms. The third-order valence-corrected chi connectivity index (χ3v) is 2.39. The lowest BCUT2D eigenvalue weighted by Gasteiger charge is -2.07. The van der Waals surface area contributed by atoms with Gasteiger partial charge in [-0.25, -0.2) is 4.39 Å². The average Bonchev–Trinajstić information content (AvgIpc) is 2.78. The van der Waals surface area contributed by atoms with E-state index < -0.39 is 5.82 Å². The molecule has 0 bridgehead atoms. The third kappa shape index (κ3) is 1.86. The summed E-state index contributed by atoms with van der Waals surface area (Å²) in [5, 5.41) is 7.58. The standard InChI is InChI=1S/C10H9ClFN3O/c1-16-9-4-7(2-3-8(9)12)15-6-13-14-10(15)5-11/h2-4,6H,5H2,1H3. The average molecular weight is 242 g/mol. The van der Waals surface area contributed by atoms with Crippen LogP contribution < -0.4 is 4.74 Å². The second-order valence-corrected chi connectivity index (χ2v) is 3.34. The third-order valence-electron chi connectivity index (χ3n) is 2.15. The minimum atomic E-state index is -0.410. The van der Waals surface area contributed by atoms with Crippen LogP contribution >= 0.6 is 11.6 Å². The number of aromatic nitrogens is 3. The summed E-state index contributed by atoms with van der Waals surface area (Å²) in [5.74, 6) is 0.591. The van der Waals surface area contributed by atoms with Crippen LogP contribution in [0.15, 0.2) is 24.5 Å². The van der Waals surface area contributed by atoms with Gasteiger partial charge in [-0.05, 0) is 12.1 Å². The Morgan fingerprint density at radius 2 is 2.31 bits per heavy atom. The molecule has 0 aliphatic carbocycles. The van der Waals surface area contributed by atoms with E-state index in [0.717, 1.165) is 0 Å². The highest BCUT2D eigenvalue weighted by molar-refractivity contribution is 6.16. The Hall–Kier alpha value is -1.62. The lowest BCUT2D eigenvalue weighted by molar-refractivity contribution is 0.386. The Morgan fingerprint density at radius 3 is 3.00 bits per heavy atom. The summed E-state index contributed by atoms with van der Waals surface area (Å²) in [5.41, 5.74) is 0.707. The molecular weight excluding hydrogens is 233 g/mol. The maximum absolute atomic E-state index is 13.2. The second-order valence-electron chi connectivity index (χ2n) is 3.07. The molecule has 0 aliphatic rings. The Kier molecular flexibility index (Phi) is 3.05. The number of methoxy groups -OCH3 is 1. The van der Waals surface area contributed by atoms with Crippen LogP contribution in [0.2, 0.25) is 0 Å². The number of alkyl halides is 1. The second kappa shape index (κ2) is 4.49. The molecule has 84 valence electrons. The molecule has 6 heteroatoms. The minimum Gasteiger partial charge on any atom is -0.494 e. The maximum atomic E-state index is 13.2. The molecule has 0 saturated heterocycles. The van der Waals surface area contributed by atoms with Gasteiger partial charge >= 0.3 is 0 Å². The number of ether oxygens (including phenoxy) is 1. The Labute approximate surface area is 96.6 Å². The van der Waals surface area contributed by atoms with E-state index >= 15 is 0 Å². The first-order valence-corrected chi connectivity index (χ1v) is 5.08. The molecule has 0 fully saturated rings. The quantitative estimate of drug-likeness (QED) is 0.773. The van der Waals surface area contributed by atoms with Crippen molar-refractivity contribution in [3.05, 3.63) is 36.2 Å². The van der Waals surface area contributed by atoms with Crippen molar-refractivity contribution in [3.8, 4) is 11.4 Å². The van der Waals surface area contributed by atoms with E-state index in [1.807, 2.05) is 0 Å². The van der Waals surface area contributed by atoms with Crippen molar-refractivity contribution in [3.63, 3.8) is 0 Å². The lowest BCUT2D eigenvalue weighted by atomic mass is 10.3. The van der Waals surface area contributed by atoms with Gasteiger partial charge in [0.05, 0.1) is 18.7 Å². The summed E-state index contributed by atoms with van der Waals surface area (Å²) < 4.78 is 19.8. The first kappa shape index (κ1) is 10.9. The summed E-state index contributed by atoms with van der Waals surface area (Å²) in [7, 11) is 1.41. The predicted molar refractivity (Wildman–Crippen MR) is 57.4 cm³/mol. The number of rotatable bonds is 3. The normalized spacial score (nSPS) is 10.4. The van der Waals surface area contributed by atoms with Crippen molar-refractivity contribution >= 4 is 11.6 Å². The van der Waals surface area contributed by atoms with Crippen LogP contribution in [0, 0.1) is 5.82 Å². The van der Waals surface area contributed by atoms with Gasteiger partial charge in [-0.3, -0.25) is 4.57 Å². The number of hydrogen-bond donors (Lipinski definition) is 0. The first-order chi connectivity index (χ1) is 7.76. The van der Waals surface area contributed by atoms with Crippen LogP contribution in [0.3, 0.4) is 0 Å². The molecule has 16 heavy (non-hydrogen) atoms. The molecule has 1 aromatic heterocycles. The Bertz CT molecular complexity index is 501. The van der Waals surface area contributed by atoms with Crippen LogP contribution in [-0.2, 0) is 5.88 Å². The molecule has 2 rings (SSSR count). The molecule has 1 aromatic carbocycles. The van der Waals surface area contributed by atoms with Crippen LogP contribution in [0.1, 0.15) is 5.82 Å². The highest BCUT2D eigenvalue weighted by Gasteiger charge is 2.08. The van der Waals surface area contributed by atoms with Crippen molar-refractivity contribution < 1.29 is 9.13 Å². The largest absolute Gasteiger partial charge is 0.494 e. The maximum Gasteiger partial charge on any atom is 0.165 e. The number of hydrogen-bond acceptors (Lipinski definition) is 3. The first-order valence-electron chi connectivity index (χ1n) is 4.55. The van der Waals surface area contributed by atoms with E-state index in [1.165, 1.54) is 19.5 Å². The molecule has 4 nitrogen and oxygen atoms in total. The van der Waals surface area contributed by atoms with Gasteiger partial charge in [0.25, 0.3) is 0 Å². The van der Waals surface area contributed by atoms with Crippen molar-refractivity contribution in [2.75, 3.05) is 7.11 Å². The summed E-state index contributed by atoms with van der Waals surface area (Å²) in [4.78, 5) is 0. The Morgan fingerprint density at radius 1 is 1.50 bits per heavy atom. The van der Waals surface area contributed by atoms with Gasteiger partial charge in [0.1, 0.15) is 6.33 Å². The van der Waals surface area contributed by atoms with Gasteiger partial charge in [0.15, 0.2) is 17.4 Å². The highest BCUT2D eigenvalue weighted by Crippen LogP contribution is 2.21. The van der Waals surface area contributed by atoms with E-state index in [4.69, 9.17) is 16.3 Å². The zero-order chi connectivity index (χ0) is 11.5. The molecular formula is C10H9ClFN3O. The van der Waals surface area contributed by atoms with Crippen molar-refractivity contribution in [2.45, 2.75) is 5.88 Å². The van der Waals surface area contributed by atoms with E-state index in [2.05, 4.69) is 10.2 Å². The van der Waals surface area contributed by atoms with Gasteiger partial charge in [-0.1, -0.05) is 0 Å². The Balaban J connectivity index is 2.48. The molecule has 0 radical (unpaired) electrons. The van der Waals surface area contributed by atoms with Crippen molar-refractivity contribution in [2.24, 2.45) is 0 Å². The molecule has 0 aliphatic heterocycles. The van der Waals surface area contributed by atoms with Gasteiger partial charge in [0, 0.05) is 6.07 Å². The van der Waals surface area contributed by atoms with Gasteiger partial charge in [0.2, 0.25) is 0 Å². The minimum absolute atomic E-state index is 0.173. The van der Waals surface area contributed by atoms with Gasteiger partial charge < -0.3 is 4.74 Å². The lowest BCUT2D eigenvalue weighted by Crippen LogP contribution is -1.99. The van der Waals surface area contributed by atoms with E-state index in [-0.39, 0.29) is 11.6 Å². The van der Waals surface area contributed by atoms with Crippen LogP contribution in [-0.4, -0.2) is 21.9 Å². The fraction of sp³-hybridized carbons (Fsp3) is 0.200. The molecule has 0 unspecified atom stereocenters.